The third-order valence-electron chi connectivity index (χ3n) is 2.99. The minimum Gasteiger partial charge on any atom is -0.372 e. The number of carbonyl (C=O) groups excluding carboxylic acids is 1. The molecule has 1 aromatic rings. The normalized spacial score (nSPS) is 15.5. The second-order valence-electron chi connectivity index (χ2n) is 4.13. The number of benzene rings is 1. The van der Waals surface area contributed by atoms with Gasteiger partial charge in [-0.05, 0) is 18.6 Å². The lowest BCUT2D eigenvalue weighted by Crippen LogP contribution is -2.36. The minimum atomic E-state index is -0.0659. The van der Waals surface area contributed by atoms with Crippen LogP contribution in [-0.2, 0) is 4.79 Å². The summed E-state index contributed by atoms with van der Waals surface area (Å²) in [6, 6.07) is 5.61. The maximum absolute atomic E-state index is 11.8. The highest BCUT2D eigenvalue weighted by atomic mass is 35.5. The van der Waals surface area contributed by atoms with Crippen LogP contribution in [0.3, 0.4) is 0 Å². The Hall–Kier alpha value is -1.26. The number of nitrogens with two attached hydrogens (primary N) is 1. The van der Waals surface area contributed by atoms with E-state index in [0.29, 0.717) is 11.6 Å². The lowest BCUT2D eigenvalue weighted by molar-refractivity contribution is -0.117. The molecule has 0 spiro atoms. The molecule has 0 radical (unpaired) electrons. The van der Waals surface area contributed by atoms with Crippen LogP contribution >= 0.6 is 11.6 Å². The first-order valence-electron chi connectivity index (χ1n) is 5.65. The van der Waals surface area contributed by atoms with Crippen molar-refractivity contribution in [3.05, 3.63) is 23.2 Å². The van der Waals surface area contributed by atoms with Crippen molar-refractivity contribution in [2.24, 2.45) is 5.73 Å². The molecule has 0 atom stereocenters. The summed E-state index contributed by atoms with van der Waals surface area (Å²) in [5, 5.41) is 0.668. The first-order chi connectivity index (χ1) is 8.15. The smallest absolute Gasteiger partial charge is 0.240 e. The van der Waals surface area contributed by atoms with Gasteiger partial charge in [-0.15, -0.1) is 0 Å². The van der Waals surface area contributed by atoms with Crippen LogP contribution in [0.4, 0.5) is 11.4 Å². The number of hydrogen-bond acceptors (Lipinski definition) is 3. The number of carbonyl (C=O) groups is 1. The van der Waals surface area contributed by atoms with Crippen LogP contribution in [0.15, 0.2) is 18.2 Å². The fourth-order valence-electron chi connectivity index (χ4n) is 2.17. The molecule has 5 heteroatoms. The molecule has 0 aliphatic carbocycles. The van der Waals surface area contributed by atoms with Gasteiger partial charge < -0.3 is 15.5 Å². The molecule has 2 N–H and O–H groups in total. The number of fused-ring (bicyclic) bond motifs is 1. The van der Waals surface area contributed by atoms with Gasteiger partial charge >= 0.3 is 0 Å². The molecule has 0 fully saturated rings. The number of anilines is 2. The molecule has 1 amide bonds. The van der Waals surface area contributed by atoms with Gasteiger partial charge in [0.05, 0.1) is 22.9 Å². The van der Waals surface area contributed by atoms with Gasteiger partial charge in [0.25, 0.3) is 0 Å². The van der Waals surface area contributed by atoms with E-state index < -0.39 is 0 Å². The third kappa shape index (κ3) is 2.23. The molecule has 0 aromatic heterocycles. The molecule has 0 bridgehead atoms. The van der Waals surface area contributed by atoms with E-state index in [9.17, 15) is 4.79 Å². The zero-order chi connectivity index (χ0) is 12.4. The number of amides is 1. The van der Waals surface area contributed by atoms with Gasteiger partial charge in [-0.2, -0.15) is 0 Å². The lowest BCUT2D eigenvalue weighted by atomic mass is 10.2. The summed E-state index contributed by atoms with van der Waals surface area (Å²) in [6.45, 7) is 1.59. The third-order valence-corrected chi connectivity index (χ3v) is 3.29. The topological polar surface area (TPSA) is 49.6 Å². The molecular weight excluding hydrogens is 238 g/mol. The highest BCUT2D eigenvalue weighted by molar-refractivity contribution is 6.34. The summed E-state index contributed by atoms with van der Waals surface area (Å²) in [5.74, 6) is -0.0659. The number of nitrogens with zero attached hydrogens (tertiary/aromatic N) is 2. The van der Waals surface area contributed by atoms with Crippen LogP contribution in [0.5, 0.6) is 0 Å². The van der Waals surface area contributed by atoms with Crippen LogP contribution in [0.2, 0.25) is 5.02 Å². The van der Waals surface area contributed by atoms with E-state index >= 15 is 0 Å². The van der Waals surface area contributed by atoms with E-state index in [-0.39, 0.29) is 12.5 Å². The molecule has 0 unspecified atom stereocenters. The Morgan fingerprint density at radius 3 is 2.94 bits per heavy atom. The van der Waals surface area contributed by atoms with E-state index in [0.717, 1.165) is 24.3 Å². The number of para-hydroxylation sites is 1. The second kappa shape index (κ2) is 4.94. The maximum atomic E-state index is 11.8. The summed E-state index contributed by atoms with van der Waals surface area (Å²) in [6.07, 6.45) is 0.910. The average Bonchev–Trinajstić information content (AvgIpc) is 2.49. The van der Waals surface area contributed by atoms with Crippen molar-refractivity contribution in [3.8, 4) is 0 Å². The Bertz CT molecular complexity index is 436. The van der Waals surface area contributed by atoms with E-state index in [4.69, 9.17) is 17.3 Å². The molecule has 1 aliphatic heterocycles. The first kappa shape index (κ1) is 12.2. The van der Waals surface area contributed by atoms with Gasteiger partial charge in [0.15, 0.2) is 0 Å². The number of rotatable bonds is 1. The highest BCUT2D eigenvalue weighted by Crippen LogP contribution is 2.37. The quantitative estimate of drug-likeness (QED) is 0.825. The number of hydrogen-bond donors (Lipinski definition) is 1. The van der Waals surface area contributed by atoms with Crippen molar-refractivity contribution in [3.63, 3.8) is 0 Å². The van der Waals surface area contributed by atoms with Crippen LogP contribution in [0.1, 0.15) is 6.42 Å². The average molecular weight is 254 g/mol. The Labute approximate surface area is 106 Å². The minimum absolute atomic E-state index is 0.0235. The van der Waals surface area contributed by atoms with Gasteiger partial charge in [-0.1, -0.05) is 17.7 Å². The zero-order valence-corrected chi connectivity index (χ0v) is 10.6. The van der Waals surface area contributed by atoms with Crippen molar-refractivity contribution in [1.29, 1.82) is 0 Å². The molecule has 17 heavy (non-hydrogen) atoms. The fourth-order valence-corrected chi connectivity index (χ4v) is 2.48. The van der Waals surface area contributed by atoms with Crippen molar-refractivity contribution >= 4 is 28.9 Å². The Morgan fingerprint density at radius 1 is 1.47 bits per heavy atom. The molecule has 1 aromatic carbocycles. The predicted octanol–water partition coefficient (Wildman–Crippen LogP) is 1.47. The summed E-state index contributed by atoms with van der Waals surface area (Å²) in [5.41, 5.74) is 7.21. The van der Waals surface area contributed by atoms with Crippen LogP contribution in [0.25, 0.3) is 0 Å². The van der Waals surface area contributed by atoms with Crippen molar-refractivity contribution in [2.75, 3.05) is 36.5 Å². The van der Waals surface area contributed by atoms with E-state index in [1.807, 2.05) is 25.2 Å². The predicted molar refractivity (Wildman–Crippen MR) is 70.7 cm³/mol. The molecule has 0 saturated carbocycles. The standard InChI is InChI=1S/C12H16ClN3O/c1-15-6-3-7-16(11(17)8-14)10-5-2-4-9(13)12(10)15/h2,4-5H,3,6-8,14H2,1H3. The first-order valence-corrected chi connectivity index (χ1v) is 6.03. The summed E-state index contributed by atoms with van der Waals surface area (Å²) >= 11 is 6.21. The Kier molecular flexibility index (Phi) is 3.54. The fraction of sp³-hybridized carbons (Fsp3) is 0.417. The molecular formula is C12H16ClN3O. The molecule has 4 nitrogen and oxygen atoms in total. The molecule has 0 saturated heterocycles. The summed E-state index contributed by atoms with van der Waals surface area (Å²) in [4.78, 5) is 15.7. The van der Waals surface area contributed by atoms with Gasteiger partial charge in [0.2, 0.25) is 5.91 Å². The van der Waals surface area contributed by atoms with E-state index in [2.05, 4.69) is 4.90 Å². The monoisotopic (exact) mass is 253 g/mol. The maximum Gasteiger partial charge on any atom is 0.240 e. The number of halogens is 1. The van der Waals surface area contributed by atoms with Gasteiger partial charge in [0.1, 0.15) is 0 Å². The molecule has 1 aliphatic rings. The second-order valence-corrected chi connectivity index (χ2v) is 4.54. The van der Waals surface area contributed by atoms with Crippen molar-refractivity contribution in [2.45, 2.75) is 6.42 Å². The Balaban J connectivity index is 2.51. The van der Waals surface area contributed by atoms with E-state index in [1.165, 1.54) is 0 Å². The lowest BCUT2D eigenvalue weighted by Gasteiger charge is -2.24. The molecule has 1 heterocycles. The van der Waals surface area contributed by atoms with Gasteiger partial charge in [-0.25, -0.2) is 0 Å². The van der Waals surface area contributed by atoms with Crippen LogP contribution < -0.4 is 15.5 Å². The zero-order valence-electron chi connectivity index (χ0n) is 9.82. The van der Waals surface area contributed by atoms with Gasteiger partial charge in [0, 0.05) is 20.1 Å². The Morgan fingerprint density at radius 2 is 2.24 bits per heavy atom. The summed E-state index contributed by atoms with van der Waals surface area (Å²) in [7, 11) is 1.99. The largest absolute Gasteiger partial charge is 0.372 e. The summed E-state index contributed by atoms with van der Waals surface area (Å²) < 4.78 is 0. The molecule has 92 valence electrons. The molecule has 2 rings (SSSR count). The van der Waals surface area contributed by atoms with Crippen molar-refractivity contribution < 1.29 is 4.79 Å². The SMILES string of the molecule is CN1CCCN(C(=O)CN)c2cccc(Cl)c21. The van der Waals surface area contributed by atoms with Crippen LogP contribution in [0, 0.1) is 0 Å². The van der Waals surface area contributed by atoms with Crippen LogP contribution in [-0.4, -0.2) is 32.6 Å². The van der Waals surface area contributed by atoms with Gasteiger partial charge in [-0.3, -0.25) is 4.79 Å². The van der Waals surface area contributed by atoms with Crippen molar-refractivity contribution in [1.82, 2.24) is 0 Å². The highest BCUT2D eigenvalue weighted by Gasteiger charge is 2.23. The van der Waals surface area contributed by atoms with E-state index in [1.54, 1.807) is 4.90 Å².